The Morgan fingerprint density at radius 3 is 2.44 bits per heavy atom. The van der Waals surface area contributed by atoms with Gasteiger partial charge in [0.25, 0.3) is 5.91 Å². The SMILES string of the molecule is N=Cc1ccc(-c2cc(NN=N)cc(C(=O)NC(C=N)CO)c2)cc1. The number of hydrogen-bond acceptors (Lipinski definition) is 6. The van der Waals surface area contributed by atoms with Gasteiger partial charge in [-0.1, -0.05) is 29.5 Å². The molecular weight excluding hydrogens is 320 g/mol. The molecule has 6 N–H and O–H groups in total. The highest BCUT2D eigenvalue weighted by Crippen LogP contribution is 2.25. The third kappa shape index (κ3) is 4.55. The molecule has 25 heavy (non-hydrogen) atoms. The molecule has 8 heteroatoms. The first kappa shape index (κ1) is 18.0. The molecule has 0 bridgehead atoms. The van der Waals surface area contributed by atoms with E-state index in [0.29, 0.717) is 11.3 Å². The van der Waals surface area contributed by atoms with Crippen molar-refractivity contribution in [2.24, 2.45) is 5.22 Å². The van der Waals surface area contributed by atoms with E-state index in [1.807, 2.05) is 12.1 Å². The highest BCUT2D eigenvalue weighted by atomic mass is 16.3. The van der Waals surface area contributed by atoms with Crippen LogP contribution in [-0.2, 0) is 0 Å². The molecule has 0 saturated heterocycles. The van der Waals surface area contributed by atoms with Gasteiger partial charge in [-0.05, 0) is 34.9 Å². The van der Waals surface area contributed by atoms with Crippen molar-refractivity contribution in [2.75, 3.05) is 12.0 Å². The van der Waals surface area contributed by atoms with Gasteiger partial charge in [-0.3, -0.25) is 10.2 Å². The number of benzene rings is 2. The fourth-order valence-electron chi connectivity index (χ4n) is 2.22. The van der Waals surface area contributed by atoms with Gasteiger partial charge in [0.2, 0.25) is 0 Å². The Kier molecular flexibility index (Phi) is 6.08. The van der Waals surface area contributed by atoms with Crippen LogP contribution < -0.4 is 10.7 Å². The van der Waals surface area contributed by atoms with Gasteiger partial charge in [0.05, 0.1) is 18.3 Å². The number of carbonyl (C=O) groups excluding carboxylic acids is 1. The van der Waals surface area contributed by atoms with Crippen LogP contribution in [0, 0.1) is 16.3 Å². The van der Waals surface area contributed by atoms with Gasteiger partial charge in [0, 0.05) is 18.0 Å². The summed E-state index contributed by atoms with van der Waals surface area (Å²) in [5.74, 6) is -0.450. The van der Waals surface area contributed by atoms with E-state index in [1.165, 1.54) is 12.3 Å². The van der Waals surface area contributed by atoms with Crippen LogP contribution in [0.4, 0.5) is 5.69 Å². The van der Waals surface area contributed by atoms with Crippen molar-refractivity contribution in [1.82, 2.24) is 5.32 Å². The van der Waals surface area contributed by atoms with E-state index in [2.05, 4.69) is 16.0 Å². The van der Waals surface area contributed by atoms with E-state index in [4.69, 9.17) is 21.5 Å². The van der Waals surface area contributed by atoms with E-state index in [0.717, 1.165) is 22.9 Å². The Morgan fingerprint density at radius 1 is 1.16 bits per heavy atom. The molecule has 0 aliphatic heterocycles. The van der Waals surface area contributed by atoms with Crippen LogP contribution in [0.1, 0.15) is 15.9 Å². The maximum Gasteiger partial charge on any atom is 0.251 e. The lowest BCUT2D eigenvalue weighted by atomic mass is 10.0. The van der Waals surface area contributed by atoms with Crippen LogP contribution in [0.5, 0.6) is 0 Å². The Balaban J connectivity index is 2.40. The zero-order valence-corrected chi connectivity index (χ0v) is 13.3. The first-order valence-corrected chi connectivity index (χ1v) is 7.42. The molecular formula is C17H18N6O2. The minimum Gasteiger partial charge on any atom is -0.394 e. The predicted octanol–water partition coefficient (Wildman–Crippen LogP) is 2.45. The number of carbonyl (C=O) groups is 1. The summed E-state index contributed by atoms with van der Waals surface area (Å²) in [7, 11) is 0. The summed E-state index contributed by atoms with van der Waals surface area (Å²) in [4.78, 5) is 12.4. The molecule has 8 nitrogen and oxygen atoms in total. The highest BCUT2D eigenvalue weighted by molar-refractivity contribution is 5.98. The Bertz CT molecular complexity index is 788. The lowest BCUT2D eigenvalue weighted by Gasteiger charge is -2.13. The number of hydrogen-bond donors (Lipinski definition) is 6. The average Bonchev–Trinajstić information content (AvgIpc) is 2.66. The number of nitrogens with one attached hydrogen (secondary N) is 5. The Hall–Kier alpha value is -3.39. The highest BCUT2D eigenvalue weighted by Gasteiger charge is 2.13. The molecule has 1 unspecified atom stereocenters. The molecule has 1 atom stereocenters. The molecule has 128 valence electrons. The third-order valence-corrected chi connectivity index (χ3v) is 3.51. The van der Waals surface area contributed by atoms with E-state index in [-0.39, 0.29) is 6.61 Å². The molecule has 0 spiro atoms. The first-order chi connectivity index (χ1) is 12.1. The standard InChI is InChI=1S/C17H18N6O2/c18-8-11-1-3-12(4-2-11)13-5-14(7-15(6-13)22-23-20)17(25)21-16(9-19)10-24/h1-9,16,18-19,24H,10H2,(H2,20,22)(H,21,25). The number of aliphatic hydroxyl groups excluding tert-OH is 1. The van der Waals surface area contributed by atoms with Gasteiger partial charge in [-0.25, -0.2) is 0 Å². The van der Waals surface area contributed by atoms with Crippen molar-refractivity contribution in [3.8, 4) is 11.1 Å². The molecule has 2 aromatic rings. The second-order valence-electron chi connectivity index (χ2n) is 5.22. The molecule has 0 saturated carbocycles. The van der Waals surface area contributed by atoms with Crippen molar-refractivity contribution in [3.63, 3.8) is 0 Å². The quantitative estimate of drug-likeness (QED) is 0.250. The summed E-state index contributed by atoms with van der Waals surface area (Å²) in [5.41, 5.74) is 12.5. The normalized spacial score (nSPS) is 11.2. The molecule has 0 aliphatic carbocycles. The van der Waals surface area contributed by atoms with E-state index in [9.17, 15) is 4.79 Å². The van der Waals surface area contributed by atoms with E-state index >= 15 is 0 Å². The molecule has 0 fully saturated rings. The summed E-state index contributed by atoms with van der Waals surface area (Å²) < 4.78 is 0. The van der Waals surface area contributed by atoms with Gasteiger partial charge in [-0.15, -0.1) is 0 Å². The van der Waals surface area contributed by atoms with Gasteiger partial charge in [0.1, 0.15) is 0 Å². The van der Waals surface area contributed by atoms with E-state index < -0.39 is 11.9 Å². The van der Waals surface area contributed by atoms with Crippen LogP contribution >= 0.6 is 0 Å². The first-order valence-electron chi connectivity index (χ1n) is 7.42. The minimum atomic E-state index is -0.764. The smallest absolute Gasteiger partial charge is 0.251 e. The number of amides is 1. The molecule has 0 heterocycles. The summed E-state index contributed by atoms with van der Waals surface area (Å²) in [5, 5.41) is 29.2. The summed E-state index contributed by atoms with van der Waals surface area (Å²) in [6, 6.07) is 11.4. The van der Waals surface area contributed by atoms with Crippen molar-refractivity contribution in [3.05, 3.63) is 53.6 Å². The zero-order chi connectivity index (χ0) is 18.2. The van der Waals surface area contributed by atoms with Crippen LogP contribution in [0.25, 0.3) is 11.1 Å². The number of nitrogens with zero attached hydrogens (tertiary/aromatic N) is 1. The molecule has 2 rings (SSSR count). The summed E-state index contributed by atoms with van der Waals surface area (Å²) >= 11 is 0. The Labute approximate surface area is 144 Å². The van der Waals surface area contributed by atoms with E-state index in [1.54, 1.807) is 24.3 Å². The van der Waals surface area contributed by atoms with Gasteiger partial charge in [0.15, 0.2) is 0 Å². The van der Waals surface area contributed by atoms with Crippen LogP contribution in [0.15, 0.2) is 47.7 Å². The molecule has 0 radical (unpaired) electrons. The fraction of sp³-hybridized carbons (Fsp3) is 0.118. The van der Waals surface area contributed by atoms with Crippen molar-refractivity contribution >= 4 is 24.0 Å². The second-order valence-corrected chi connectivity index (χ2v) is 5.22. The zero-order valence-electron chi connectivity index (χ0n) is 13.3. The number of rotatable bonds is 8. The molecule has 1 amide bonds. The maximum atomic E-state index is 12.4. The van der Waals surface area contributed by atoms with Crippen LogP contribution in [-0.4, -0.2) is 36.1 Å². The summed E-state index contributed by atoms with van der Waals surface area (Å²) in [6.45, 7) is -0.368. The van der Waals surface area contributed by atoms with Crippen molar-refractivity contribution in [1.29, 1.82) is 16.3 Å². The lowest BCUT2D eigenvalue weighted by molar-refractivity contribution is 0.0934. The minimum absolute atomic E-state index is 0.306. The fourth-order valence-corrected chi connectivity index (χ4v) is 2.22. The third-order valence-electron chi connectivity index (χ3n) is 3.51. The van der Waals surface area contributed by atoms with Crippen molar-refractivity contribution < 1.29 is 9.90 Å². The molecule has 0 aliphatic rings. The maximum absolute atomic E-state index is 12.4. The summed E-state index contributed by atoms with van der Waals surface area (Å²) in [6.07, 6.45) is 2.20. The average molecular weight is 338 g/mol. The van der Waals surface area contributed by atoms with Gasteiger partial charge >= 0.3 is 0 Å². The topological polar surface area (TPSA) is 145 Å². The number of aliphatic hydroxyl groups is 1. The largest absolute Gasteiger partial charge is 0.394 e. The Morgan fingerprint density at radius 2 is 1.88 bits per heavy atom. The monoisotopic (exact) mass is 338 g/mol. The molecule has 2 aromatic carbocycles. The second kappa shape index (κ2) is 8.46. The predicted molar refractivity (Wildman–Crippen MR) is 95.7 cm³/mol. The van der Waals surface area contributed by atoms with Crippen LogP contribution in [0.2, 0.25) is 0 Å². The van der Waals surface area contributed by atoms with Gasteiger partial charge in [-0.2, -0.15) is 5.53 Å². The van der Waals surface area contributed by atoms with Crippen molar-refractivity contribution in [2.45, 2.75) is 6.04 Å². The number of anilines is 1. The van der Waals surface area contributed by atoms with Gasteiger partial charge < -0.3 is 21.2 Å². The lowest BCUT2D eigenvalue weighted by Crippen LogP contribution is -2.38. The molecule has 0 aromatic heterocycles. The van der Waals surface area contributed by atoms with Crippen LogP contribution in [0.3, 0.4) is 0 Å².